The Morgan fingerprint density at radius 1 is 1.57 bits per heavy atom. The maximum atomic E-state index is 8.28. The van der Waals surface area contributed by atoms with Crippen molar-refractivity contribution in [3.05, 3.63) is 0 Å². The van der Waals surface area contributed by atoms with E-state index in [1.165, 1.54) is 0 Å². The highest BCUT2D eigenvalue weighted by Gasteiger charge is 1.95. The third-order valence-electron chi connectivity index (χ3n) is 0.673. The molecule has 0 aromatic heterocycles. The Labute approximate surface area is 54.9 Å². The molecule has 1 nitrogen and oxygen atoms in total. The van der Waals surface area contributed by atoms with E-state index in [4.69, 9.17) is 5.11 Å². The first-order valence-corrected chi connectivity index (χ1v) is 3.36. The number of hydrogen-bond donors (Lipinski definition) is 3. The van der Waals surface area contributed by atoms with Crippen LogP contribution in [-0.4, -0.2) is 22.7 Å². The fourth-order valence-corrected chi connectivity index (χ4v) is 0.538. The van der Waals surface area contributed by atoms with E-state index in [1.807, 2.05) is 0 Å². The van der Waals surface area contributed by atoms with Gasteiger partial charge in [-0.3, -0.25) is 0 Å². The van der Waals surface area contributed by atoms with Crippen molar-refractivity contribution in [3.63, 3.8) is 0 Å². The predicted molar refractivity (Wildman–Crippen MR) is 38.3 cm³/mol. The largest absolute Gasteiger partial charge is 0.396 e. The molecule has 0 saturated carbocycles. The topological polar surface area (TPSA) is 20.2 Å². The van der Waals surface area contributed by atoms with E-state index in [0.717, 1.165) is 12.2 Å². The molecule has 0 radical (unpaired) electrons. The zero-order chi connectivity index (χ0) is 5.70. The van der Waals surface area contributed by atoms with Gasteiger partial charge < -0.3 is 5.11 Å². The van der Waals surface area contributed by atoms with Crippen molar-refractivity contribution in [1.82, 2.24) is 0 Å². The maximum Gasteiger partial charge on any atom is 0.0441 e. The molecule has 0 saturated heterocycles. The second kappa shape index (κ2) is 4.81. The normalized spacial score (nSPS) is 14.1. The van der Waals surface area contributed by atoms with E-state index < -0.39 is 0 Å². The molecule has 1 atom stereocenters. The van der Waals surface area contributed by atoms with Gasteiger partial charge in [-0.05, 0) is 6.42 Å². The molecular formula is C4H10OS2. The minimum atomic E-state index is 0.217. The van der Waals surface area contributed by atoms with Gasteiger partial charge >= 0.3 is 0 Å². The van der Waals surface area contributed by atoms with Crippen LogP contribution in [0.4, 0.5) is 0 Å². The zero-order valence-corrected chi connectivity index (χ0v) is 5.83. The van der Waals surface area contributed by atoms with Crippen LogP contribution in [0.25, 0.3) is 0 Å². The van der Waals surface area contributed by atoms with Crippen LogP contribution in [-0.2, 0) is 0 Å². The summed E-state index contributed by atoms with van der Waals surface area (Å²) in [6, 6.07) is 0. The lowest BCUT2D eigenvalue weighted by molar-refractivity contribution is 0.289. The van der Waals surface area contributed by atoms with Gasteiger partial charge in [0.25, 0.3) is 0 Å². The van der Waals surface area contributed by atoms with Crippen molar-refractivity contribution in [2.24, 2.45) is 0 Å². The van der Waals surface area contributed by atoms with Gasteiger partial charge in [0.15, 0.2) is 0 Å². The maximum absolute atomic E-state index is 8.28. The van der Waals surface area contributed by atoms with Crippen LogP contribution in [0.2, 0.25) is 0 Å². The summed E-state index contributed by atoms with van der Waals surface area (Å²) < 4.78 is 0. The van der Waals surface area contributed by atoms with Gasteiger partial charge in [-0.1, -0.05) is 0 Å². The van der Waals surface area contributed by atoms with E-state index in [2.05, 4.69) is 25.3 Å². The lowest BCUT2D eigenvalue weighted by atomic mass is 10.3. The number of aliphatic hydroxyl groups is 1. The monoisotopic (exact) mass is 138 g/mol. The fourth-order valence-electron chi connectivity index (χ4n) is 0.240. The fraction of sp³-hybridized carbons (Fsp3) is 1.00. The van der Waals surface area contributed by atoms with Crippen molar-refractivity contribution < 1.29 is 5.11 Å². The number of hydrogen-bond acceptors (Lipinski definition) is 3. The van der Waals surface area contributed by atoms with Gasteiger partial charge in [-0.25, -0.2) is 0 Å². The van der Waals surface area contributed by atoms with Gasteiger partial charge in [0, 0.05) is 17.6 Å². The Bertz CT molecular complexity index is 40.7. The molecule has 0 aliphatic rings. The molecule has 7 heavy (non-hydrogen) atoms. The van der Waals surface area contributed by atoms with Crippen molar-refractivity contribution in [2.75, 3.05) is 12.4 Å². The van der Waals surface area contributed by atoms with Crippen molar-refractivity contribution >= 4 is 25.3 Å². The Morgan fingerprint density at radius 2 is 2.14 bits per heavy atom. The summed E-state index contributed by atoms with van der Waals surface area (Å²) in [6.07, 6.45) is 0.743. The van der Waals surface area contributed by atoms with Crippen LogP contribution < -0.4 is 0 Å². The zero-order valence-electron chi connectivity index (χ0n) is 4.04. The number of aliphatic hydroxyl groups excluding tert-OH is 1. The summed E-state index contributed by atoms with van der Waals surface area (Å²) in [6.45, 7) is 0.217. The highest BCUT2D eigenvalue weighted by Crippen LogP contribution is 2.00. The SMILES string of the molecule is OCCC(S)CS. The summed E-state index contributed by atoms with van der Waals surface area (Å²) in [5.74, 6) is 0.740. The molecule has 0 aliphatic heterocycles. The van der Waals surface area contributed by atoms with Gasteiger partial charge in [-0.15, -0.1) is 0 Å². The van der Waals surface area contributed by atoms with E-state index in [0.29, 0.717) is 0 Å². The molecule has 0 bridgehead atoms. The van der Waals surface area contributed by atoms with Crippen LogP contribution in [0.15, 0.2) is 0 Å². The molecule has 0 fully saturated rings. The summed E-state index contributed by atoms with van der Waals surface area (Å²) >= 11 is 8.04. The number of thiol groups is 2. The van der Waals surface area contributed by atoms with Gasteiger partial charge in [0.2, 0.25) is 0 Å². The standard InChI is InChI=1S/C4H10OS2/c5-2-1-4(7)3-6/h4-7H,1-3H2. The summed E-state index contributed by atoms with van der Waals surface area (Å²) in [5, 5.41) is 8.54. The average Bonchev–Trinajstić information content (AvgIpc) is 1.68. The molecule has 0 rings (SSSR count). The third-order valence-corrected chi connectivity index (χ3v) is 1.84. The molecule has 0 amide bonds. The first kappa shape index (κ1) is 7.66. The lowest BCUT2D eigenvalue weighted by Crippen LogP contribution is -2.02. The summed E-state index contributed by atoms with van der Waals surface area (Å²) in [7, 11) is 0. The van der Waals surface area contributed by atoms with Gasteiger partial charge in [0.1, 0.15) is 0 Å². The third kappa shape index (κ3) is 4.51. The van der Waals surface area contributed by atoms with E-state index in [1.54, 1.807) is 0 Å². The van der Waals surface area contributed by atoms with Crippen LogP contribution in [0.5, 0.6) is 0 Å². The first-order valence-electron chi connectivity index (χ1n) is 2.21. The Kier molecular flexibility index (Phi) is 5.26. The smallest absolute Gasteiger partial charge is 0.0441 e. The molecule has 0 aromatic carbocycles. The average molecular weight is 138 g/mol. The van der Waals surface area contributed by atoms with Gasteiger partial charge in [0.05, 0.1) is 0 Å². The Balaban J connectivity index is 2.83. The lowest BCUT2D eigenvalue weighted by Gasteiger charge is -2.00. The molecule has 1 unspecified atom stereocenters. The minimum absolute atomic E-state index is 0.217. The number of rotatable bonds is 3. The summed E-state index contributed by atoms with van der Waals surface area (Å²) in [4.78, 5) is 0. The van der Waals surface area contributed by atoms with E-state index >= 15 is 0 Å². The highest BCUT2D eigenvalue weighted by molar-refractivity contribution is 7.84. The van der Waals surface area contributed by atoms with Crippen molar-refractivity contribution in [3.8, 4) is 0 Å². The van der Waals surface area contributed by atoms with Crippen molar-refractivity contribution in [2.45, 2.75) is 11.7 Å². The molecular weight excluding hydrogens is 128 g/mol. The van der Waals surface area contributed by atoms with Crippen LogP contribution in [0.1, 0.15) is 6.42 Å². The second-order valence-corrected chi connectivity index (χ2v) is 2.44. The molecule has 0 heterocycles. The molecule has 0 aliphatic carbocycles. The highest BCUT2D eigenvalue weighted by atomic mass is 32.1. The van der Waals surface area contributed by atoms with Crippen molar-refractivity contribution in [1.29, 1.82) is 0 Å². The molecule has 3 heteroatoms. The van der Waals surface area contributed by atoms with E-state index in [-0.39, 0.29) is 11.9 Å². The Morgan fingerprint density at radius 3 is 2.29 bits per heavy atom. The van der Waals surface area contributed by atoms with E-state index in [9.17, 15) is 0 Å². The van der Waals surface area contributed by atoms with Crippen LogP contribution in [0.3, 0.4) is 0 Å². The Hall–Kier alpha value is 0.660. The second-order valence-electron chi connectivity index (χ2n) is 1.35. The molecule has 0 aromatic rings. The van der Waals surface area contributed by atoms with Gasteiger partial charge in [-0.2, -0.15) is 25.3 Å². The summed E-state index contributed by atoms with van der Waals surface area (Å²) in [5.41, 5.74) is 0. The quantitative estimate of drug-likeness (QED) is 0.488. The van der Waals surface area contributed by atoms with Crippen LogP contribution in [0, 0.1) is 0 Å². The molecule has 0 spiro atoms. The minimum Gasteiger partial charge on any atom is -0.396 e. The first-order chi connectivity index (χ1) is 3.31. The molecule has 1 N–H and O–H groups in total. The molecule has 44 valence electrons. The van der Waals surface area contributed by atoms with Crippen LogP contribution >= 0.6 is 25.3 Å². The predicted octanol–water partition coefficient (Wildman–Crippen LogP) is 0.597.